The number of hydrogen-bond donors (Lipinski definition) is 1. The van der Waals surface area contributed by atoms with E-state index >= 15 is 0 Å². The Labute approximate surface area is 169 Å². The van der Waals surface area contributed by atoms with Crippen molar-refractivity contribution in [3.05, 3.63) is 71.1 Å². The summed E-state index contributed by atoms with van der Waals surface area (Å²) in [4.78, 5) is 24.1. The Balaban J connectivity index is 1.57. The van der Waals surface area contributed by atoms with Gasteiger partial charge >= 0.3 is 0 Å². The molecule has 0 bridgehead atoms. The molecule has 1 N–H and O–H groups in total. The van der Waals surface area contributed by atoms with Crippen LogP contribution in [0.3, 0.4) is 0 Å². The van der Waals surface area contributed by atoms with Gasteiger partial charge in [-0.2, -0.15) is 0 Å². The van der Waals surface area contributed by atoms with Crippen LogP contribution in [0.5, 0.6) is 0 Å². The molecule has 1 aliphatic rings. The number of hydrogen-bond acceptors (Lipinski definition) is 4. The molecule has 1 fully saturated rings. The molecule has 6 heteroatoms. The molecule has 2 aromatic heterocycles. The molecule has 3 heterocycles. The number of rotatable bonds is 5. The number of amides is 1. The normalized spacial score (nSPS) is 16.0. The highest BCUT2D eigenvalue weighted by Gasteiger charge is 2.24. The second-order valence-corrected chi connectivity index (χ2v) is 7.51. The van der Waals surface area contributed by atoms with Gasteiger partial charge in [-0.25, -0.2) is 0 Å². The van der Waals surface area contributed by atoms with Crippen LogP contribution in [-0.2, 0) is 0 Å². The molecular formula is C22H23ClN4O. The van der Waals surface area contributed by atoms with Crippen molar-refractivity contribution in [3.8, 4) is 0 Å². The third-order valence-corrected chi connectivity index (χ3v) is 5.63. The van der Waals surface area contributed by atoms with E-state index < -0.39 is 0 Å². The van der Waals surface area contributed by atoms with Crippen LogP contribution in [0.1, 0.15) is 41.2 Å². The smallest absolute Gasteiger partial charge is 0.253 e. The summed E-state index contributed by atoms with van der Waals surface area (Å²) in [5, 5.41) is 4.31. The Morgan fingerprint density at radius 3 is 2.71 bits per heavy atom. The van der Waals surface area contributed by atoms with Gasteiger partial charge in [0.15, 0.2) is 0 Å². The number of carbonyl (C=O) groups is 1. The molecule has 28 heavy (non-hydrogen) atoms. The first-order valence-electron chi connectivity index (χ1n) is 9.69. The molecule has 1 saturated heterocycles. The van der Waals surface area contributed by atoms with Crippen LogP contribution < -0.4 is 5.32 Å². The fourth-order valence-electron chi connectivity index (χ4n) is 3.90. The Hall–Kier alpha value is -2.50. The van der Waals surface area contributed by atoms with E-state index in [2.05, 4.69) is 26.3 Å². The lowest BCUT2D eigenvalue weighted by Crippen LogP contribution is -2.40. The summed E-state index contributed by atoms with van der Waals surface area (Å²) < 4.78 is 0. The quantitative estimate of drug-likeness (QED) is 0.703. The van der Waals surface area contributed by atoms with E-state index in [1.54, 1.807) is 18.5 Å². The molecule has 1 unspecified atom stereocenters. The Morgan fingerprint density at radius 1 is 1.11 bits per heavy atom. The van der Waals surface area contributed by atoms with Crippen molar-refractivity contribution in [2.75, 3.05) is 19.6 Å². The van der Waals surface area contributed by atoms with Gasteiger partial charge < -0.3 is 5.32 Å². The average molecular weight is 395 g/mol. The number of nitrogens with zero attached hydrogens (tertiary/aromatic N) is 3. The molecule has 1 aliphatic heterocycles. The molecular weight excluding hydrogens is 372 g/mol. The highest BCUT2D eigenvalue weighted by Crippen LogP contribution is 2.26. The largest absolute Gasteiger partial charge is 0.350 e. The number of benzene rings is 1. The molecule has 5 nitrogen and oxygen atoms in total. The van der Waals surface area contributed by atoms with Gasteiger partial charge in [0.2, 0.25) is 0 Å². The minimum Gasteiger partial charge on any atom is -0.350 e. The molecule has 0 spiro atoms. The monoisotopic (exact) mass is 394 g/mol. The number of fused-ring (bicyclic) bond motifs is 1. The van der Waals surface area contributed by atoms with Crippen molar-refractivity contribution in [1.29, 1.82) is 0 Å². The molecule has 144 valence electrons. The standard InChI is InChI=1S/C22H23ClN4O/c23-18-8-9-19-17(7-5-11-25-19)21(18)22(28)26-15-20(16-6-4-10-24-14-16)27-12-2-1-3-13-27/h4-11,14,20H,1-3,12-13,15H2,(H,26,28). The lowest BCUT2D eigenvalue weighted by atomic mass is 10.0. The molecule has 4 rings (SSSR count). The van der Waals surface area contributed by atoms with Gasteiger partial charge in [-0.1, -0.05) is 30.2 Å². The van der Waals surface area contributed by atoms with Crippen LogP contribution >= 0.6 is 11.6 Å². The number of pyridine rings is 2. The minimum atomic E-state index is -0.172. The number of aromatic nitrogens is 2. The second kappa shape index (κ2) is 8.67. The lowest BCUT2D eigenvalue weighted by molar-refractivity contribution is 0.0926. The predicted molar refractivity (Wildman–Crippen MR) is 111 cm³/mol. The molecule has 3 aromatic rings. The van der Waals surface area contributed by atoms with E-state index in [1.165, 1.54) is 19.3 Å². The summed E-state index contributed by atoms with van der Waals surface area (Å²) in [6, 6.07) is 11.4. The third-order valence-electron chi connectivity index (χ3n) is 5.32. The van der Waals surface area contributed by atoms with Crippen LogP contribution in [-0.4, -0.2) is 40.4 Å². The topological polar surface area (TPSA) is 58.1 Å². The zero-order valence-corrected chi connectivity index (χ0v) is 16.4. The molecule has 0 aliphatic carbocycles. The molecule has 0 radical (unpaired) electrons. The first kappa shape index (κ1) is 18.8. The Bertz CT molecular complexity index is 957. The summed E-state index contributed by atoms with van der Waals surface area (Å²) in [5.41, 5.74) is 2.36. The summed E-state index contributed by atoms with van der Waals surface area (Å²) >= 11 is 6.37. The average Bonchev–Trinajstić information content (AvgIpc) is 2.75. The first-order chi connectivity index (χ1) is 13.7. The number of likely N-dealkylation sites (tertiary alicyclic amines) is 1. The van der Waals surface area contributed by atoms with E-state index in [9.17, 15) is 4.79 Å². The van der Waals surface area contributed by atoms with Crippen LogP contribution in [0, 0.1) is 0 Å². The Kier molecular flexibility index (Phi) is 5.84. The second-order valence-electron chi connectivity index (χ2n) is 7.10. The van der Waals surface area contributed by atoms with E-state index in [4.69, 9.17) is 11.6 Å². The third kappa shape index (κ3) is 4.01. The SMILES string of the molecule is O=C(NCC(c1cccnc1)N1CCCCC1)c1c(Cl)ccc2ncccc12. The first-order valence-corrected chi connectivity index (χ1v) is 10.1. The zero-order valence-electron chi connectivity index (χ0n) is 15.6. The van der Waals surface area contributed by atoms with Crippen LogP contribution in [0.25, 0.3) is 10.9 Å². The van der Waals surface area contributed by atoms with Crippen molar-refractivity contribution in [1.82, 2.24) is 20.2 Å². The van der Waals surface area contributed by atoms with Gasteiger partial charge in [0.25, 0.3) is 5.91 Å². The molecule has 1 amide bonds. The van der Waals surface area contributed by atoms with E-state index in [0.29, 0.717) is 17.1 Å². The summed E-state index contributed by atoms with van der Waals surface area (Å²) in [7, 11) is 0. The number of carbonyl (C=O) groups excluding carboxylic acids is 1. The highest BCUT2D eigenvalue weighted by atomic mass is 35.5. The number of piperidine rings is 1. The maximum absolute atomic E-state index is 13.0. The minimum absolute atomic E-state index is 0.102. The van der Waals surface area contributed by atoms with Gasteiger partial charge in [0.1, 0.15) is 0 Å². The number of nitrogens with one attached hydrogen (secondary N) is 1. The van der Waals surface area contributed by atoms with E-state index in [0.717, 1.165) is 29.6 Å². The van der Waals surface area contributed by atoms with Crippen LogP contribution in [0.4, 0.5) is 0 Å². The van der Waals surface area contributed by atoms with Gasteiger partial charge in [-0.15, -0.1) is 0 Å². The fourth-order valence-corrected chi connectivity index (χ4v) is 4.15. The Morgan fingerprint density at radius 2 is 1.93 bits per heavy atom. The number of halogens is 1. The summed E-state index contributed by atoms with van der Waals surface area (Å²) in [5.74, 6) is -0.172. The molecule has 1 atom stereocenters. The molecule has 0 saturated carbocycles. The maximum atomic E-state index is 13.0. The van der Waals surface area contributed by atoms with Crippen LogP contribution in [0.2, 0.25) is 5.02 Å². The van der Waals surface area contributed by atoms with Crippen LogP contribution in [0.15, 0.2) is 55.0 Å². The lowest BCUT2D eigenvalue weighted by Gasteiger charge is -2.34. The summed E-state index contributed by atoms with van der Waals surface area (Å²) in [6.07, 6.45) is 9.02. The van der Waals surface area contributed by atoms with E-state index in [-0.39, 0.29) is 11.9 Å². The predicted octanol–water partition coefficient (Wildman–Crippen LogP) is 4.24. The maximum Gasteiger partial charge on any atom is 0.253 e. The zero-order chi connectivity index (χ0) is 19.3. The van der Waals surface area contributed by atoms with Crippen molar-refractivity contribution in [3.63, 3.8) is 0 Å². The van der Waals surface area contributed by atoms with Gasteiger partial charge in [0, 0.05) is 30.5 Å². The van der Waals surface area contributed by atoms with E-state index in [1.807, 2.05) is 30.5 Å². The van der Waals surface area contributed by atoms with Gasteiger partial charge in [0.05, 0.1) is 22.1 Å². The van der Waals surface area contributed by atoms with Crippen molar-refractivity contribution < 1.29 is 4.79 Å². The van der Waals surface area contributed by atoms with Crippen molar-refractivity contribution in [2.45, 2.75) is 25.3 Å². The van der Waals surface area contributed by atoms with Gasteiger partial charge in [-0.3, -0.25) is 19.7 Å². The highest BCUT2D eigenvalue weighted by molar-refractivity contribution is 6.35. The summed E-state index contributed by atoms with van der Waals surface area (Å²) in [6.45, 7) is 2.58. The molecule has 1 aromatic carbocycles. The van der Waals surface area contributed by atoms with Crippen molar-refractivity contribution in [2.24, 2.45) is 0 Å². The van der Waals surface area contributed by atoms with Crippen molar-refractivity contribution >= 4 is 28.4 Å². The fraction of sp³-hybridized carbons (Fsp3) is 0.318. The van der Waals surface area contributed by atoms with Gasteiger partial charge in [-0.05, 0) is 55.8 Å².